The van der Waals surface area contributed by atoms with Gasteiger partial charge in [0.05, 0.1) is 23.9 Å². The quantitative estimate of drug-likeness (QED) is 0.473. The topological polar surface area (TPSA) is 69.9 Å². The van der Waals surface area contributed by atoms with Crippen LogP contribution in [0.25, 0.3) is 16.3 Å². The number of ether oxygens (including phenoxy) is 2. The van der Waals surface area contributed by atoms with Crippen molar-refractivity contribution in [3.8, 4) is 5.75 Å². The van der Waals surface area contributed by atoms with Crippen molar-refractivity contribution >= 4 is 39.5 Å². The van der Waals surface area contributed by atoms with Gasteiger partial charge in [-0.3, -0.25) is 9.59 Å². The van der Waals surface area contributed by atoms with E-state index in [-0.39, 0.29) is 6.54 Å². The van der Waals surface area contributed by atoms with Gasteiger partial charge in [-0.05, 0) is 36.8 Å². The molecular weight excluding hydrogens is 376 g/mol. The van der Waals surface area contributed by atoms with Gasteiger partial charge in [0.2, 0.25) is 0 Å². The molecule has 0 spiro atoms. The Bertz CT molecular complexity index is 1080. The summed E-state index contributed by atoms with van der Waals surface area (Å²) in [4.78, 5) is 28.8. The molecule has 6 nitrogen and oxygen atoms in total. The first-order chi connectivity index (χ1) is 13.6. The van der Waals surface area contributed by atoms with Crippen molar-refractivity contribution in [2.75, 3.05) is 13.7 Å². The van der Waals surface area contributed by atoms with Gasteiger partial charge in [-0.15, -0.1) is 0 Å². The molecule has 3 rings (SSSR count). The van der Waals surface area contributed by atoms with Crippen LogP contribution >= 0.6 is 11.3 Å². The normalized spacial score (nSPS) is 11.9. The molecule has 0 bridgehead atoms. The van der Waals surface area contributed by atoms with Crippen LogP contribution in [0, 0.1) is 0 Å². The highest BCUT2D eigenvalue weighted by atomic mass is 32.1. The molecule has 7 heteroatoms. The third-order valence-electron chi connectivity index (χ3n) is 3.90. The number of amides is 1. The lowest BCUT2D eigenvalue weighted by atomic mass is 10.2. The molecule has 2 aromatic carbocycles. The summed E-state index contributed by atoms with van der Waals surface area (Å²) in [6.45, 7) is 2.44. The summed E-state index contributed by atoms with van der Waals surface area (Å²) in [7, 11) is 1.33. The van der Waals surface area contributed by atoms with Gasteiger partial charge in [0, 0.05) is 6.08 Å². The molecule has 1 aromatic heterocycles. The maximum absolute atomic E-state index is 12.3. The van der Waals surface area contributed by atoms with E-state index in [2.05, 4.69) is 4.99 Å². The molecule has 144 valence electrons. The lowest BCUT2D eigenvalue weighted by molar-refractivity contribution is -0.141. The molecule has 0 aliphatic heterocycles. The molecule has 0 saturated carbocycles. The van der Waals surface area contributed by atoms with Crippen molar-refractivity contribution in [3.05, 3.63) is 65.0 Å². The minimum Gasteiger partial charge on any atom is -0.494 e. The standard InChI is InChI=1S/C21H20N2O4S/c1-3-27-16-10-11-17-18(13-16)28-21(23(17)14-20(25)26-2)22-19(24)12-9-15-7-5-4-6-8-15/h4-13H,3,14H2,1-2H3. The SMILES string of the molecule is CCOc1ccc2c(c1)sc(=NC(=O)C=Cc1ccccc1)n2CC(=O)OC. The molecule has 0 N–H and O–H groups in total. The number of nitrogens with zero attached hydrogens (tertiary/aromatic N) is 2. The zero-order chi connectivity index (χ0) is 19.9. The Labute approximate surface area is 166 Å². The average Bonchev–Trinajstić information content (AvgIpc) is 3.03. The molecule has 0 radical (unpaired) electrons. The lowest BCUT2D eigenvalue weighted by Crippen LogP contribution is -2.22. The Hall–Kier alpha value is -3.19. The number of rotatable bonds is 6. The third kappa shape index (κ3) is 4.75. The van der Waals surface area contributed by atoms with Crippen molar-refractivity contribution in [2.45, 2.75) is 13.5 Å². The molecule has 0 aliphatic rings. The Morgan fingerprint density at radius 3 is 2.68 bits per heavy atom. The molecule has 0 fully saturated rings. The Morgan fingerprint density at radius 2 is 1.96 bits per heavy atom. The molecule has 28 heavy (non-hydrogen) atoms. The zero-order valence-corrected chi connectivity index (χ0v) is 16.4. The fourth-order valence-corrected chi connectivity index (χ4v) is 3.67. The van der Waals surface area contributed by atoms with Gasteiger partial charge in [0.25, 0.3) is 5.91 Å². The minimum atomic E-state index is -0.415. The van der Waals surface area contributed by atoms with E-state index < -0.39 is 11.9 Å². The average molecular weight is 396 g/mol. The van der Waals surface area contributed by atoms with Crippen LogP contribution in [0.2, 0.25) is 0 Å². The van der Waals surface area contributed by atoms with Gasteiger partial charge in [-0.25, -0.2) is 0 Å². The van der Waals surface area contributed by atoms with Crippen LogP contribution in [-0.2, 0) is 20.9 Å². The predicted molar refractivity (Wildman–Crippen MR) is 109 cm³/mol. The van der Waals surface area contributed by atoms with E-state index in [0.717, 1.165) is 21.5 Å². The predicted octanol–water partition coefficient (Wildman–Crippen LogP) is 3.42. The molecule has 1 amide bonds. The van der Waals surface area contributed by atoms with Crippen LogP contribution in [0.1, 0.15) is 12.5 Å². The second kappa shape index (κ2) is 9.14. The summed E-state index contributed by atoms with van der Waals surface area (Å²) in [5, 5.41) is 0. The van der Waals surface area contributed by atoms with E-state index in [1.54, 1.807) is 10.6 Å². The van der Waals surface area contributed by atoms with Crippen molar-refractivity contribution in [1.82, 2.24) is 4.57 Å². The van der Waals surface area contributed by atoms with Gasteiger partial charge >= 0.3 is 5.97 Å². The summed E-state index contributed by atoms with van der Waals surface area (Å²) in [5.41, 5.74) is 1.70. The Balaban J connectivity index is 2.00. The highest BCUT2D eigenvalue weighted by Gasteiger charge is 2.12. The van der Waals surface area contributed by atoms with E-state index in [1.807, 2.05) is 55.5 Å². The van der Waals surface area contributed by atoms with Crippen LogP contribution in [0.4, 0.5) is 0 Å². The monoisotopic (exact) mass is 396 g/mol. The van der Waals surface area contributed by atoms with Crippen molar-refractivity contribution in [1.29, 1.82) is 0 Å². The Morgan fingerprint density at radius 1 is 1.18 bits per heavy atom. The van der Waals surface area contributed by atoms with Gasteiger partial charge in [0.1, 0.15) is 12.3 Å². The van der Waals surface area contributed by atoms with Crippen LogP contribution < -0.4 is 9.54 Å². The summed E-state index contributed by atoms with van der Waals surface area (Å²) in [6, 6.07) is 15.1. The zero-order valence-electron chi connectivity index (χ0n) is 15.6. The lowest BCUT2D eigenvalue weighted by Gasteiger charge is -2.05. The van der Waals surface area contributed by atoms with Gasteiger partial charge in [-0.2, -0.15) is 4.99 Å². The van der Waals surface area contributed by atoms with E-state index >= 15 is 0 Å². The van der Waals surface area contributed by atoms with Crippen molar-refractivity contribution in [3.63, 3.8) is 0 Å². The molecule has 0 aliphatic carbocycles. The Kier molecular flexibility index (Phi) is 6.39. The van der Waals surface area contributed by atoms with Crippen LogP contribution in [0.5, 0.6) is 5.75 Å². The summed E-state index contributed by atoms with van der Waals surface area (Å²) in [5.74, 6) is -0.0929. The molecule has 0 atom stereocenters. The third-order valence-corrected chi connectivity index (χ3v) is 4.95. The van der Waals surface area contributed by atoms with Crippen LogP contribution in [0.15, 0.2) is 59.6 Å². The molecule has 0 unspecified atom stereocenters. The highest BCUT2D eigenvalue weighted by Crippen LogP contribution is 2.23. The maximum Gasteiger partial charge on any atom is 0.325 e. The second-order valence-corrected chi connectivity index (χ2v) is 6.81. The second-order valence-electron chi connectivity index (χ2n) is 5.80. The van der Waals surface area contributed by atoms with Crippen LogP contribution in [-0.4, -0.2) is 30.2 Å². The molecule has 3 aromatic rings. The van der Waals surface area contributed by atoms with E-state index in [1.165, 1.54) is 24.5 Å². The fraction of sp³-hybridized carbons (Fsp3) is 0.190. The highest BCUT2D eigenvalue weighted by molar-refractivity contribution is 7.16. The number of aromatic nitrogens is 1. The summed E-state index contributed by atoms with van der Waals surface area (Å²) >= 11 is 1.32. The summed E-state index contributed by atoms with van der Waals surface area (Å²) in [6.07, 6.45) is 3.12. The molecular formula is C21H20N2O4S. The number of carbonyl (C=O) groups excluding carboxylic acids is 2. The van der Waals surface area contributed by atoms with Gasteiger partial charge < -0.3 is 14.0 Å². The van der Waals surface area contributed by atoms with Crippen LogP contribution in [0.3, 0.4) is 0 Å². The number of hydrogen-bond acceptors (Lipinski definition) is 5. The minimum absolute atomic E-state index is 0.0288. The number of esters is 1. The number of fused-ring (bicyclic) bond motifs is 1. The summed E-state index contributed by atoms with van der Waals surface area (Å²) < 4.78 is 12.9. The van der Waals surface area contributed by atoms with Gasteiger partial charge in [-0.1, -0.05) is 41.7 Å². The van der Waals surface area contributed by atoms with E-state index in [9.17, 15) is 9.59 Å². The number of carbonyl (C=O) groups is 2. The van der Waals surface area contributed by atoms with Crippen molar-refractivity contribution in [2.24, 2.45) is 4.99 Å². The number of methoxy groups -OCH3 is 1. The first-order valence-electron chi connectivity index (χ1n) is 8.75. The smallest absolute Gasteiger partial charge is 0.325 e. The number of hydrogen-bond donors (Lipinski definition) is 0. The van der Waals surface area contributed by atoms with Crippen molar-refractivity contribution < 1.29 is 19.1 Å². The fourth-order valence-electron chi connectivity index (χ4n) is 2.60. The van der Waals surface area contributed by atoms with E-state index in [0.29, 0.717) is 11.4 Å². The van der Waals surface area contributed by atoms with E-state index in [4.69, 9.17) is 9.47 Å². The maximum atomic E-state index is 12.3. The first kappa shape index (κ1) is 19.6. The number of benzene rings is 2. The first-order valence-corrected chi connectivity index (χ1v) is 9.57. The largest absolute Gasteiger partial charge is 0.494 e. The molecule has 0 saturated heterocycles. The molecule has 1 heterocycles. The number of thiazole rings is 1. The van der Waals surface area contributed by atoms with Gasteiger partial charge in [0.15, 0.2) is 4.80 Å².